The van der Waals surface area contributed by atoms with Crippen LogP contribution >= 0.6 is 11.3 Å². The smallest absolute Gasteiger partial charge is 0.262 e. The van der Waals surface area contributed by atoms with Crippen LogP contribution in [0.4, 0.5) is 5.69 Å². The maximum absolute atomic E-state index is 12.6. The molecule has 1 saturated carbocycles. The van der Waals surface area contributed by atoms with Crippen molar-refractivity contribution in [1.82, 2.24) is 15.4 Å². The van der Waals surface area contributed by atoms with Crippen LogP contribution in [0, 0.1) is 23.2 Å². The van der Waals surface area contributed by atoms with Gasteiger partial charge in [0.15, 0.2) is 0 Å². The molecule has 8 heteroatoms. The first kappa shape index (κ1) is 18.7. The summed E-state index contributed by atoms with van der Waals surface area (Å²) in [5.41, 5.74) is 5.96. The van der Waals surface area contributed by atoms with E-state index in [1.807, 2.05) is 40.7 Å². The molecule has 1 aliphatic carbocycles. The van der Waals surface area contributed by atoms with Crippen LogP contribution in [0.25, 0.3) is 10.6 Å². The van der Waals surface area contributed by atoms with Crippen molar-refractivity contribution < 1.29 is 4.79 Å². The zero-order chi connectivity index (χ0) is 20.5. The van der Waals surface area contributed by atoms with Crippen molar-refractivity contribution in [3.63, 3.8) is 0 Å². The molecule has 30 heavy (non-hydrogen) atoms. The van der Waals surface area contributed by atoms with Crippen molar-refractivity contribution >= 4 is 35.0 Å². The lowest BCUT2D eigenvalue weighted by atomic mass is 9.84. The minimum atomic E-state index is -0.546. The van der Waals surface area contributed by atoms with E-state index < -0.39 is 5.92 Å². The number of benzene rings is 1. The SMILES string of the molecule is N#C[C@H]1CCCCC1N1NC(=Nc2ccc(-c3nccs3)cc2)C2C(=O)N=CC=C21. The number of carbonyl (C=O) groups excluding carboxylic acids is 1. The van der Waals surface area contributed by atoms with Crippen molar-refractivity contribution in [1.29, 1.82) is 5.26 Å². The Morgan fingerprint density at radius 1 is 1.23 bits per heavy atom. The average molecular weight is 417 g/mol. The molecule has 0 spiro atoms. The van der Waals surface area contributed by atoms with Crippen LogP contribution in [0.2, 0.25) is 0 Å². The third-order valence-electron chi connectivity index (χ3n) is 5.80. The molecule has 3 atom stereocenters. The maximum atomic E-state index is 12.6. The van der Waals surface area contributed by atoms with Crippen LogP contribution < -0.4 is 5.43 Å². The van der Waals surface area contributed by atoms with Crippen molar-refractivity contribution in [2.45, 2.75) is 31.7 Å². The second-order valence-corrected chi connectivity index (χ2v) is 8.49. The number of fused-ring (bicyclic) bond motifs is 1. The first-order valence-electron chi connectivity index (χ1n) is 10.1. The number of amidine groups is 1. The van der Waals surface area contributed by atoms with Crippen LogP contribution in [0.1, 0.15) is 25.7 Å². The number of hydrazine groups is 1. The summed E-state index contributed by atoms with van der Waals surface area (Å²) < 4.78 is 0. The summed E-state index contributed by atoms with van der Waals surface area (Å²) >= 11 is 1.59. The number of dihydropyridines is 1. The summed E-state index contributed by atoms with van der Waals surface area (Å²) in [6, 6.07) is 10.3. The number of allylic oxidation sites excluding steroid dienone is 1. The van der Waals surface area contributed by atoms with Gasteiger partial charge in [-0.05, 0) is 43.2 Å². The van der Waals surface area contributed by atoms with E-state index in [0.717, 1.165) is 47.6 Å². The summed E-state index contributed by atoms with van der Waals surface area (Å²) in [6.45, 7) is 0. The molecular weight excluding hydrogens is 396 g/mol. The van der Waals surface area contributed by atoms with Gasteiger partial charge < -0.3 is 0 Å². The molecule has 0 radical (unpaired) electrons. The molecule has 3 aliphatic rings. The number of hydrogen-bond acceptors (Lipinski definition) is 6. The van der Waals surface area contributed by atoms with Gasteiger partial charge in [0.25, 0.3) is 5.91 Å². The fourth-order valence-electron chi connectivity index (χ4n) is 4.33. The van der Waals surface area contributed by atoms with Crippen LogP contribution in [-0.4, -0.2) is 34.0 Å². The second kappa shape index (κ2) is 7.84. The van der Waals surface area contributed by atoms with Gasteiger partial charge in [-0.2, -0.15) is 5.26 Å². The van der Waals surface area contributed by atoms with E-state index in [1.165, 1.54) is 0 Å². The number of nitrogens with zero attached hydrogens (tertiary/aromatic N) is 5. The topological polar surface area (TPSA) is 93.7 Å². The Kier molecular flexibility index (Phi) is 4.89. The quantitative estimate of drug-likeness (QED) is 0.820. The predicted molar refractivity (Wildman–Crippen MR) is 116 cm³/mol. The number of nitriles is 1. The molecule has 1 aromatic carbocycles. The van der Waals surface area contributed by atoms with E-state index in [2.05, 4.69) is 21.5 Å². The van der Waals surface area contributed by atoms with Crippen LogP contribution in [0.3, 0.4) is 0 Å². The van der Waals surface area contributed by atoms with Gasteiger partial charge >= 0.3 is 0 Å². The third kappa shape index (κ3) is 3.31. The summed E-state index contributed by atoms with van der Waals surface area (Å²) in [7, 11) is 0. The number of rotatable bonds is 3. The van der Waals surface area contributed by atoms with Crippen LogP contribution in [-0.2, 0) is 4.79 Å². The van der Waals surface area contributed by atoms with E-state index in [1.54, 1.807) is 23.7 Å². The molecule has 5 rings (SSSR count). The van der Waals surface area contributed by atoms with Crippen molar-refractivity contribution in [3.05, 3.63) is 47.6 Å². The lowest BCUT2D eigenvalue weighted by molar-refractivity contribution is -0.119. The van der Waals surface area contributed by atoms with Gasteiger partial charge in [0, 0.05) is 23.4 Å². The highest BCUT2D eigenvalue weighted by molar-refractivity contribution is 7.13. The van der Waals surface area contributed by atoms with E-state index >= 15 is 0 Å². The summed E-state index contributed by atoms with van der Waals surface area (Å²) in [5.74, 6) is -0.286. The summed E-state index contributed by atoms with van der Waals surface area (Å²) in [5, 5.41) is 14.5. The highest BCUT2D eigenvalue weighted by Crippen LogP contribution is 2.36. The fraction of sp³-hybridized carbons (Fsp3) is 0.318. The van der Waals surface area contributed by atoms with Crippen molar-refractivity contribution in [3.8, 4) is 16.6 Å². The van der Waals surface area contributed by atoms with Crippen molar-refractivity contribution in [2.75, 3.05) is 0 Å². The molecule has 7 nitrogen and oxygen atoms in total. The lowest BCUT2D eigenvalue weighted by Crippen LogP contribution is -2.46. The van der Waals surface area contributed by atoms with E-state index in [0.29, 0.717) is 5.84 Å². The number of amides is 1. The maximum Gasteiger partial charge on any atom is 0.262 e. The normalized spacial score (nSPS) is 26.8. The van der Waals surface area contributed by atoms with Gasteiger partial charge in [0.05, 0.1) is 29.4 Å². The minimum absolute atomic E-state index is 0.0248. The van der Waals surface area contributed by atoms with Crippen LogP contribution in [0.15, 0.2) is 57.6 Å². The van der Waals surface area contributed by atoms with Gasteiger partial charge in [-0.15, -0.1) is 11.3 Å². The van der Waals surface area contributed by atoms with Gasteiger partial charge in [-0.25, -0.2) is 15.0 Å². The monoisotopic (exact) mass is 416 g/mol. The molecule has 1 saturated heterocycles. The average Bonchev–Trinajstić information content (AvgIpc) is 3.44. The second-order valence-electron chi connectivity index (χ2n) is 7.59. The molecule has 1 amide bonds. The van der Waals surface area contributed by atoms with Gasteiger partial charge in [0.2, 0.25) is 0 Å². The molecule has 2 unspecified atom stereocenters. The first-order chi connectivity index (χ1) is 14.7. The molecule has 0 bridgehead atoms. The van der Waals surface area contributed by atoms with Gasteiger partial charge in [-0.3, -0.25) is 15.2 Å². The molecule has 2 aromatic rings. The zero-order valence-corrected chi connectivity index (χ0v) is 17.0. The molecule has 1 N–H and O–H groups in total. The number of hydrogen-bond donors (Lipinski definition) is 1. The minimum Gasteiger partial charge on any atom is -0.285 e. The predicted octanol–water partition coefficient (Wildman–Crippen LogP) is 3.85. The van der Waals surface area contributed by atoms with E-state index in [9.17, 15) is 10.1 Å². The largest absolute Gasteiger partial charge is 0.285 e. The Balaban J connectivity index is 1.46. The fourth-order valence-corrected chi connectivity index (χ4v) is 4.98. The summed E-state index contributed by atoms with van der Waals surface area (Å²) in [6.07, 6.45) is 9.12. The number of carbonyl (C=O) groups is 1. The van der Waals surface area contributed by atoms with Gasteiger partial charge in [0.1, 0.15) is 16.8 Å². The highest BCUT2D eigenvalue weighted by Gasteiger charge is 2.45. The van der Waals surface area contributed by atoms with Crippen molar-refractivity contribution in [2.24, 2.45) is 21.8 Å². The van der Waals surface area contributed by atoms with Gasteiger partial charge in [-0.1, -0.05) is 12.8 Å². The van der Waals surface area contributed by atoms with E-state index in [4.69, 9.17) is 4.99 Å². The van der Waals surface area contributed by atoms with Crippen LogP contribution in [0.5, 0.6) is 0 Å². The Morgan fingerprint density at radius 3 is 2.83 bits per heavy atom. The number of aliphatic imine (C=N–C) groups is 2. The number of thiazole rings is 1. The molecule has 2 fully saturated rings. The Hall–Kier alpha value is -3.31. The summed E-state index contributed by atoms with van der Waals surface area (Å²) in [4.78, 5) is 25.6. The first-order valence-corrected chi connectivity index (χ1v) is 10.9. The van der Waals surface area contributed by atoms with E-state index in [-0.39, 0.29) is 17.9 Å². The molecule has 1 aromatic heterocycles. The Bertz CT molecular complexity index is 1080. The zero-order valence-electron chi connectivity index (χ0n) is 16.2. The molecule has 150 valence electrons. The third-order valence-corrected chi connectivity index (χ3v) is 6.62. The number of nitrogens with one attached hydrogen (secondary N) is 1. The highest BCUT2D eigenvalue weighted by atomic mass is 32.1. The number of aromatic nitrogens is 1. The molecular formula is C22H20N6OS. The lowest BCUT2D eigenvalue weighted by Gasteiger charge is -2.36. The molecule has 3 heterocycles. The standard InChI is InChI=1S/C22H20N6OS/c23-13-15-3-1-2-4-17(15)28-18-9-10-24-21(29)19(18)20(27-28)26-16-7-5-14(6-8-16)22-25-11-12-30-22/h5-12,15,17,19H,1-4H2,(H,26,27)/t15-,17?,19?/m1/s1. The molecule has 2 aliphatic heterocycles. The Morgan fingerprint density at radius 2 is 2.07 bits per heavy atom. The Labute approximate surface area is 178 Å².